The summed E-state index contributed by atoms with van der Waals surface area (Å²) in [6, 6.07) is 0.900. The second kappa shape index (κ2) is 6.44. The molecule has 2 atom stereocenters. The normalized spacial score (nSPS) is 25.1. The highest BCUT2D eigenvalue weighted by molar-refractivity contribution is 7.11. The lowest BCUT2D eigenvalue weighted by molar-refractivity contribution is -0.129. The van der Waals surface area contributed by atoms with Gasteiger partial charge < -0.3 is 10.2 Å². The third-order valence-electron chi connectivity index (χ3n) is 4.58. The van der Waals surface area contributed by atoms with Crippen LogP contribution in [0.25, 0.3) is 0 Å². The third kappa shape index (κ3) is 3.14. The molecule has 0 spiro atoms. The van der Waals surface area contributed by atoms with Gasteiger partial charge in [0.2, 0.25) is 5.91 Å². The van der Waals surface area contributed by atoms with E-state index in [2.05, 4.69) is 12.2 Å². The minimum atomic E-state index is 0.287. The minimum Gasteiger partial charge on any atom is -0.341 e. The van der Waals surface area contributed by atoms with Crippen LogP contribution in [-0.4, -0.2) is 34.9 Å². The molecule has 0 bridgehead atoms. The summed E-state index contributed by atoms with van der Waals surface area (Å²) >= 11 is 1.88. The van der Waals surface area contributed by atoms with Gasteiger partial charge in [-0.15, -0.1) is 11.3 Å². The third-order valence-corrected chi connectivity index (χ3v) is 5.93. The van der Waals surface area contributed by atoms with E-state index in [1.54, 1.807) is 0 Å². The number of aryl methyl sites for hydroxylation is 2. The highest BCUT2D eigenvalue weighted by atomic mass is 32.1. The number of hydrogen-bond acceptors (Lipinski definition) is 4. The first-order valence-corrected chi connectivity index (χ1v) is 9.05. The standard InChI is InChI=1S/C16H25N3OS/c1-3-14-18-13-7-5-6-12(16(13)21-14)17-11-8-9-19(10-11)15(20)4-2/h11-12,17H,3-10H2,1-2H3/t11-,12+/m0/s1. The lowest BCUT2D eigenvalue weighted by atomic mass is 9.97. The van der Waals surface area contributed by atoms with Gasteiger partial charge in [0.05, 0.1) is 10.7 Å². The molecular weight excluding hydrogens is 282 g/mol. The van der Waals surface area contributed by atoms with E-state index in [4.69, 9.17) is 4.98 Å². The molecule has 1 amide bonds. The Morgan fingerprint density at radius 2 is 2.29 bits per heavy atom. The van der Waals surface area contributed by atoms with Crippen molar-refractivity contribution in [2.75, 3.05) is 13.1 Å². The molecule has 5 heteroatoms. The van der Waals surface area contributed by atoms with Crippen molar-refractivity contribution >= 4 is 17.2 Å². The first-order valence-electron chi connectivity index (χ1n) is 8.23. The topological polar surface area (TPSA) is 45.2 Å². The molecule has 116 valence electrons. The Labute approximate surface area is 130 Å². The quantitative estimate of drug-likeness (QED) is 0.930. The fraction of sp³-hybridized carbons (Fsp3) is 0.750. The predicted molar refractivity (Wildman–Crippen MR) is 85.6 cm³/mol. The van der Waals surface area contributed by atoms with Gasteiger partial charge in [0.25, 0.3) is 0 Å². The molecule has 1 saturated heterocycles. The number of rotatable bonds is 4. The summed E-state index contributed by atoms with van der Waals surface area (Å²) < 4.78 is 0. The van der Waals surface area contributed by atoms with Crippen molar-refractivity contribution in [3.8, 4) is 0 Å². The van der Waals surface area contributed by atoms with Crippen molar-refractivity contribution in [2.24, 2.45) is 0 Å². The Kier molecular flexibility index (Phi) is 4.60. The fourth-order valence-corrected chi connectivity index (χ4v) is 4.56. The molecule has 3 rings (SSSR count). The SMILES string of the molecule is CCC(=O)N1CC[C@H](N[C@@H]2CCCc3nc(CC)sc32)C1. The van der Waals surface area contributed by atoms with Crippen LogP contribution in [0.3, 0.4) is 0 Å². The number of thiazole rings is 1. The van der Waals surface area contributed by atoms with Gasteiger partial charge in [0, 0.05) is 36.5 Å². The minimum absolute atomic E-state index is 0.287. The maximum atomic E-state index is 11.8. The highest BCUT2D eigenvalue weighted by Gasteiger charge is 2.30. The second-order valence-electron chi connectivity index (χ2n) is 6.06. The van der Waals surface area contributed by atoms with Crippen LogP contribution in [-0.2, 0) is 17.6 Å². The van der Waals surface area contributed by atoms with Crippen LogP contribution in [0.15, 0.2) is 0 Å². The Balaban J connectivity index is 1.64. The smallest absolute Gasteiger partial charge is 0.222 e. The van der Waals surface area contributed by atoms with Gasteiger partial charge in [-0.05, 0) is 32.1 Å². The summed E-state index contributed by atoms with van der Waals surface area (Å²) in [5.74, 6) is 0.287. The summed E-state index contributed by atoms with van der Waals surface area (Å²) in [5.41, 5.74) is 1.32. The Morgan fingerprint density at radius 1 is 1.43 bits per heavy atom. The molecule has 4 nitrogen and oxygen atoms in total. The molecule has 0 radical (unpaired) electrons. The van der Waals surface area contributed by atoms with E-state index in [9.17, 15) is 4.79 Å². The molecule has 2 heterocycles. The first kappa shape index (κ1) is 15.0. The molecule has 1 aromatic rings. The molecule has 1 aliphatic heterocycles. The van der Waals surface area contributed by atoms with Crippen molar-refractivity contribution in [2.45, 2.75) is 64.5 Å². The first-order chi connectivity index (χ1) is 10.2. The number of aromatic nitrogens is 1. The van der Waals surface area contributed by atoms with E-state index in [0.29, 0.717) is 18.5 Å². The van der Waals surface area contributed by atoms with Gasteiger partial charge in [-0.1, -0.05) is 13.8 Å². The number of carbonyl (C=O) groups is 1. The van der Waals surface area contributed by atoms with Gasteiger partial charge in [-0.3, -0.25) is 4.79 Å². The van der Waals surface area contributed by atoms with E-state index in [0.717, 1.165) is 32.4 Å². The van der Waals surface area contributed by atoms with Crippen molar-refractivity contribution in [3.63, 3.8) is 0 Å². The van der Waals surface area contributed by atoms with E-state index in [1.807, 2.05) is 23.2 Å². The van der Waals surface area contributed by atoms with Crippen LogP contribution >= 0.6 is 11.3 Å². The van der Waals surface area contributed by atoms with Gasteiger partial charge in [-0.2, -0.15) is 0 Å². The lowest BCUT2D eigenvalue weighted by Gasteiger charge is -2.26. The van der Waals surface area contributed by atoms with Crippen molar-refractivity contribution < 1.29 is 4.79 Å². The second-order valence-corrected chi connectivity index (χ2v) is 7.18. The lowest BCUT2D eigenvalue weighted by Crippen LogP contribution is -2.37. The van der Waals surface area contributed by atoms with Crippen molar-refractivity contribution in [3.05, 3.63) is 15.6 Å². The molecule has 1 aromatic heterocycles. The maximum absolute atomic E-state index is 11.8. The molecule has 0 unspecified atom stereocenters. The van der Waals surface area contributed by atoms with Crippen LogP contribution in [0.5, 0.6) is 0 Å². The van der Waals surface area contributed by atoms with Crippen molar-refractivity contribution in [1.82, 2.24) is 15.2 Å². The molecular formula is C16H25N3OS. The van der Waals surface area contributed by atoms with Crippen LogP contribution in [0.4, 0.5) is 0 Å². The van der Waals surface area contributed by atoms with Gasteiger partial charge in [0.1, 0.15) is 0 Å². The molecule has 0 aromatic carbocycles. The van der Waals surface area contributed by atoms with E-state index < -0.39 is 0 Å². The Bertz CT molecular complexity index is 514. The van der Waals surface area contributed by atoms with Crippen LogP contribution in [0.2, 0.25) is 0 Å². The maximum Gasteiger partial charge on any atom is 0.222 e. The number of amides is 1. The number of likely N-dealkylation sites (tertiary alicyclic amines) is 1. The Morgan fingerprint density at radius 3 is 3.05 bits per heavy atom. The molecule has 0 saturated carbocycles. The number of fused-ring (bicyclic) bond motifs is 1. The number of carbonyl (C=O) groups excluding carboxylic acids is 1. The summed E-state index contributed by atoms with van der Waals surface area (Å²) in [5, 5.41) is 5.06. The number of nitrogens with zero attached hydrogens (tertiary/aromatic N) is 2. The molecule has 1 N–H and O–H groups in total. The highest BCUT2D eigenvalue weighted by Crippen LogP contribution is 2.35. The summed E-state index contributed by atoms with van der Waals surface area (Å²) in [7, 11) is 0. The van der Waals surface area contributed by atoms with Gasteiger partial charge >= 0.3 is 0 Å². The number of nitrogens with one attached hydrogen (secondary N) is 1. The van der Waals surface area contributed by atoms with Crippen LogP contribution < -0.4 is 5.32 Å². The molecule has 1 aliphatic carbocycles. The number of hydrogen-bond donors (Lipinski definition) is 1. The molecule has 21 heavy (non-hydrogen) atoms. The van der Waals surface area contributed by atoms with Crippen LogP contribution in [0.1, 0.15) is 61.2 Å². The zero-order valence-corrected chi connectivity index (χ0v) is 13.8. The largest absolute Gasteiger partial charge is 0.341 e. The van der Waals surface area contributed by atoms with Gasteiger partial charge in [-0.25, -0.2) is 4.98 Å². The monoisotopic (exact) mass is 307 g/mol. The zero-order chi connectivity index (χ0) is 14.8. The predicted octanol–water partition coefficient (Wildman–Crippen LogP) is 2.68. The summed E-state index contributed by atoms with van der Waals surface area (Å²) in [6.07, 6.45) is 6.30. The Hall–Kier alpha value is -0.940. The van der Waals surface area contributed by atoms with E-state index >= 15 is 0 Å². The molecule has 1 fully saturated rings. The summed E-state index contributed by atoms with van der Waals surface area (Å²) in [6.45, 7) is 5.91. The summed E-state index contributed by atoms with van der Waals surface area (Å²) in [4.78, 5) is 20.0. The van der Waals surface area contributed by atoms with E-state index in [1.165, 1.54) is 28.4 Å². The van der Waals surface area contributed by atoms with Gasteiger partial charge in [0.15, 0.2) is 0 Å². The molecule has 2 aliphatic rings. The average molecular weight is 307 g/mol. The van der Waals surface area contributed by atoms with E-state index in [-0.39, 0.29) is 5.91 Å². The zero-order valence-electron chi connectivity index (χ0n) is 13.0. The van der Waals surface area contributed by atoms with Crippen LogP contribution in [0, 0.1) is 0 Å². The fourth-order valence-electron chi connectivity index (χ4n) is 3.41. The van der Waals surface area contributed by atoms with Crippen molar-refractivity contribution in [1.29, 1.82) is 0 Å². The average Bonchev–Trinajstić information content (AvgIpc) is 3.13.